The van der Waals surface area contributed by atoms with Crippen LogP contribution in [0.25, 0.3) is 0 Å². The second kappa shape index (κ2) is 12.8. The SMILES string of the molecule is CCCCOc1ncccc1CNC(=NC)NCCc1nc(C(F)(F)F)cs1.I. The van der Waals surface area contributed by atoms with Crippen LogP contribution in [-0.2, 0) is 19.1 Å². The molecule has 0 aliphatic heterocycles. The van der Waals surface area contributed by atoms with Crippen molar-refractivity contribution < 1.29 is 17.9 Å². The third-order valence-electron chi connectivity index (χ3n) is 3.73. The number of rotatable bonds is 9. The van der Waals surface area contributed by atoms with Gasteiger partial charge in [0.15, 0.2) is 11.7 Å². The molecular formula is C18H25F3IN5OS. The normalized spacial score (nSPS) is 11.7. The quantitative estimate of drug-likeness (QED) is 0.214. The molecule has 0 radical (unpaired) electrons. The molecule has 0 spiro atoms. The lowest BCUT2D eigenvalue weighted by atomic mass is 10.2. The average molecular weight is 543 g/mol. The Morgan fingerprint density at radius 2 is 2.10 bits per heavy atom. The first-order valence-electron chi connectivity index (χ1n) is 8.96. The molecule has 2 rings (SSSR count). The van der Waals surface area contributed by atoms with Crippen LogP contribution in [0.15, 0.2) is 28.7 Å². The van der Waals surface area contributed by atoms with Crippen molar-refractivity contribution in [2.45, 2.75) is 38.9 Å². The number of aliphatic imine (C=N–C) groups is 1. The molecule has 2 N–H and O–H groups in total. The molecule has 0 aliphatic carbocycles. The lowest BCUT2D eigenvalue weighted by molar-refractivity contribution is -0.140. The molecule has 162 valence electrons. The molecule has 0 aromatic carbocycles. The summed E-state index contributed by atoms with van der Waals surface area (Å²) in [4.78, 5) is 12.0. The number of nitrogens with one attached hydrogen (secondary N) is 2. The summed E-state index contributed by atoms with van der Waals surface area (Å²) in [5.74, 6) is 1.12. The van der Waals surface area contributed by atoms with E-state index in [4.69, 9.17) is 4.74 Å². The van der Waals surface area contributed by atoms with Crippen LogP contribution in [0, 0.1) is 0 Å². The maximum Gasteiger partial charge on any atom is 0.434 e. The predicted octanol–water partition coefficient (Wildman–Crippen LogP) is 4.26. The highest BCUT2D eigenvalue weighted by Gasteiger charge is 2.33. The van der Waals surface area contributed by atoms with Gasteiger partial charge in [-0.25, -0.2) is 9.97 Å². The van der Waals surface area contributed by atoms with E-state index >= 15 is 0 Å². The van der Waals surface area contributed by atoms with Crippen LogP contribution in [0.2, 0.25) is 0 Å². The van der Waals surface area contributed by atoms with Gasteiger partial charge in [-0.05, 0) is 12.5 Å². The van der Waals surface area contributed by atoms with E-state index in [2.05, 4.69) is 32.5 Å². The number of unbranched alkanes of at least 4 members (excludes halogenated alkanes) is 1. The van der Waals surface area contributed by atoms with Crippen molar-refractivity contribution >= 4 is 41.3 Å². The highest BCUT2D eigenvalue weighted by atomic mass is 127. The summed E-state index contributed by atoms with van der Waals surface area (Å²) < 4.78 is 43.4. The fraction of sp³-hybridized carbons (Fsp3) is 0.500. The van der Waals surface area contributed by atoms with Gasteiger partial charge in [-0.1, -0.05) is 19.4 Å². The summed E-state index contributed by atoms with van der Waals surface area (Å²) in [5.41, 5.74) is 0.0542. The second-order valence-electron chi connectivity index (χ2n) is 5.90. The minimum Gasteiger partial charge on any atom is -0.477 e. The Kier molecular flexibility index (Phi) is 11.2. The van der Waals surface area contributed by atoms with Gasteiger partial charge in [0, 0.05) is 43.7 Å². The van der Waals surface area contributed by atoms with Crippen LogP contribution in [0.5, 0.6) is 5.88 Å². The number of hydrogen-bond donors (Lipinski definition) is 2. The van der Waals surface area contributed by atoms with Crippen molar-refractivity contribution in [2.75, 3.05) is 20.2 Å². The molecule has 0 saturated carbocycles. The van der Waals surface area contributed by atoms with Crippen molar-refractivity contribution in [3.8, 4) is 5.88 Å². The number of pyridine rings is 1. The van der Waals surface area contributed by atoms with E-state index in [0.717, 1.165) is 35.1 Å². The zero-order valence-corrected chi connectivity index (χ0v) is 19.4. The first kappa shape index (κ1) is 25.4. The number of nitrogens with zero attached hydrogens (tertiary/aromatic N) is 3. The molecule has 2 aromatic heterocycles. The van der Waals surface area contributed by atoms with E-state index in [9.17, 15) is 13.2 Å². The highest BCUT2D eigenvalue weighted by Crippen LogP contribution is 2.30. The first-order chi connectivity index (χ1) is 13.4. The zero-order valence-electron chi connectivity index (χ0n) is 16.3. The van der Waals surface area contributed by atoms with Gasteiger partial charge >= 0.3 is 6.18 Å². The number of thiazole rings is 1. The van der Waals surface area contributed by atoms with Crippen molar-refractivity contribution in [1.82, 2.24) is 20.6 Å². The first-order valence-corrected chi connectivity index (χ1v) is 9.84. The largest absolute Gasteiger partial charge is 0.477 e. The van der Waals surface area contributed by atoms with Crippen LogP contribution in [0.3, 0.4) is 0 Å². The predicted molar refractivity (Wildman–Crippen MR) is 119 cm³/mol. The van der Waals surface area contributed by atoms with Crippen LogP contribution < -0.4 is 15.4 Å². The van der Waals surface area contributed by atoms with Gasteiger partial charge in [-0.3, -0.25) is 4.99 Å². The lowest BCUT2D eigenvalue weighted by Crippen LogP contribution is -2.38. The fourth-order valence-corrected chi connectivity index (χ4v) is 3.05. The van der Waals surface area contributed by atoms with Gasteiger partial charge in [-0.2, -0.15) is 13.2 Å². The Hall–Kier alpha value is -1.63. The van der Waals surface area contributed by atoms with Crippen molar-refractivity contribution in [3.05, 3.63) is 40.0 Å². The Labute approximate surface area is 189 Å². The molecular weight excluding hydrogens is 518 g/mol. The van der Waals surface area contributed by atoms with E-state index < -0.39 is 11.9 Å². The Bertz CT molecular complexity index is 770. The number of hydrogen-bond acceptors (Lipinski definition) is 5. The van der Waals surface area contributed by atoms with E-state index in [1.807, 2.05) is 12.1 Å². The van der Waals surface area contributed by atoms with Crippen LogP contribution in [0.1, 0.15) is 36.0 Å². The summed E-state index contributed by atoms with van der Waals surface area (Å²) in [6, 6.07) is 3.75. The standard InChI is InChI=1S/C18H24F3N5OS.HI/c1-3-4-10-27-16-13(6-5-8-23-16)11-25-17(22-2)24-9-7-15-26-14(12-28-15)18(19,20)21;/h5-6,8,12H,3-4,7,9-11H2,1-2H3,(H2,22,24,25);1H. The van der Waals surface area contributed by atoms with Crippen molar-refractivity contribution in [2.24, 2.45) is 4.99 Å². The molecule has 0 saturated heterocycles. The van der Waals surface area contributed by atoms with Crippen molar-refractivity contribution in [1.29, 1.82) is 0 Å². The Morgan fingerprint density at radius 3 is 2.76 bits per heavy atom. The number of aromatic nitrogens is 2. The van der Waals surface area contributed by atoms with E-state index in [1.54, 1.807) is 13.2 Å². The maximum absolute atomic E-state index is 12.6. The number of ether oxygens (including phenoxy) is 1. The number of halogens is 4. The monoisotopic (exact) mass is 543 g/mol. The maximum atomic E-state index is 12.6. The molecule has 0 bridgehead atoms. The average Bonchev–Trinajstić information content (AvgIpc) is 3.15. The minimum absolute atomic E-state index is 0. The van der Waals surface area contributed by atoms with Gasteiger partial charge in [0.1, 0.15) is 0 Å². The number of guanidine groups is 1. The molecule has 0 amide bonds. The van der Waals surface area contributed by atoms with Crippen LogP contribution in [-0.4, -0.2) is 36.1 Å². The lowest BCUT2D eigenvalue weighted by Gasteiger charge is -2.13. The summed E-state index contributed by atoms with van der Waals surface area (Å²) in [6.07, 6.45) is -0.346. The highest BCUT2D eigenvalue weighted by molar-refractivity contribution is 14.0. The summed E-state index contributed by atoms with van der Waals surface area (Å²) in [5, 5.41) is 7.68. The molecule has 0 aliphatic rings. The van der Waals surface area contributed by atoms with E-state index in [-0.39, 0.29) is 24.0 Å². The molecule has 6 nitrogen and oxygen atoms in total. The third kappa shape index (κ3) is 8.72. The van der Waals surface area contributed by atoms with Crippen molar-refractivity contribution in [3.63, 3.8) is 0 Å². The molecule has 0 fully saturated rings. The minimum atomic E-state index is -4.40. The smallest absolute Gasteiger partial charge is 0.434 e. The summed E-state index contributed by atoms with van der Waals surface area (Å²) in [6.45, 7) is 3.58. The van der Waals surface area contributed by atoms with Gasteiger partial charge in [0.2, 0.25) is 5.88 Å². The van der Waals surface area contributed by atoms with Gasteiger partial charge < -0.3 is 15.4 Å². The third-order valence-corrected chi connectivity index (χ3v) is 4.64. The molecule has 29 heavy (non-hydrogen) atoms. The van der Waals surface area contributed by atoms with Crippen LogP contribution >= 0.6 is 35.3 Å². The summed E-state index contributed by atoms with van der Waals surface area (Å²) in [7, 11) is 1.63. The summed E-state index contributed by atoms with van der Waals surface area (Å²) >= 11 is 1.00. The van der Waals surface area contributed by atoms with Gasteiger partial charge in [-0.15, -0.1) is 35.3 Å². The van der Waals surface area contributed by atoms with Gasteiger partial charge in [0.25, 0.3) is 0 Å². The number of alkyl halides is 3. The topological polar surface area (TPSA) is 71.4 Å². The molecule has 2 aromatic rings. The van der Waals surface area contributed by atoms with E-state index in [1.165, 1.54) is 0 Å². The fourth-order valence-electron chi connectivity index (χ4n) is 2.25. The molecule has 0 atom stereocenters. The van der Waals surface area contributed by atoms with Crippen LogP contribution in [0.4, 0.5) is 13.2 Å². The zero-order chi connectivity index (χ0) is 20.4. The molecule has 11 heteroatoms. The Morgan fingerprint density at radius 1 is 1.31 bits per heavy atom. The Balaban J connectivity index is 0.00000420. The van der Waals surface area contributed by atoms with E-state index in [0.29, 0.717) is 43.0 Å². The van der Waals surface area contributed by atoms with Gasteiger partial charge in [0.05, 0.1) is 11.6 Å². The second-order valence-corrected chi connectivity index (χ2v) is 6.84. The molecule has 2 heterocycles. The molecule has 0 unspecified atom stereocenters.